The summed E-state index contributed by atoms with van der Waals surface area (Å²) in [7, 11) is -3.59. The van der Waals surface area contributed by atoms with E-state index in [-0.39, 0.29) is 29.2 Å². The Morgan fingerprint density at radius 2 is 1.56 bits per heavy atom. The first-order valence-corrected chi connectivity index (χ1v) is 13.1. The number of piperidine rings is 1. The van der Waals surface area contributed by atoms with Crippen LogP contribution in [0.3, 0.4) is 0 Å². The van der Waals surface area contributed by atoms with Gasteiger partial charge in [-0.2, -0.15) is 4.31 Å². The fourth-order valence-electron chi connectivity index (χ4n) is 3.70. The quantitative estimate of drug-likeness (QED) is 0.520. The number of amides is 2. The lowest BCUT2D eigenvalue weighted by atomic mass is 10.1. The maximum absolute atomic E-state index is 13.0. The number of rotatable bonds is 8. The number of carbonyl (C=O) groups excluding carboxylic acids is 2. The van der Waals surface area contributed by atoms with E-state index in [1.165, 1.54) is 10.4 Å². The van der Waals surface area contributed by atoms with E-state index in [9.17, 15) is 18.0 Å². The van der Waals surface area contributed by atoms with E-state index in [0.717, 1.165) is 36.1 Å². The van der Waals surface area contributed by atoms with Crippen LogP contribution in [0.2, 0.25) is 0 Å². The van der Waals surface area contributed by atoms with Gasteiger partial charge in [-0.05, 0) is 62.1 Å². The lowest BCUT2D eigenvalue weighted by molar-refractivity contribution is -0.119. The number of carbonyl (C=O) groups is 2. The molecule has 0 aromatic heterocycles. The predicted octanol–water partition coefficient (Wildman–Crippen LogP) is 4.12. The van der Waals surface area contributed by atoms with Gasteiger partial charge in [0.05, 0.1) is 11.4 Å². The van der Waals surface area contributed by atoms with Gasteiger partial charge in [0.25, 0.3) is 0 Å². The molecule has 1 aliphatic heterocycles. The molecule has 0 bridgehead atoms. The zero-order valence-electron chi connectivity index (χ0n) is 20.3. The molecule has 0 spiro atoms. The summed E-state index contributed by atoms with van der Waals surface area (Å²) in [6.45, 7) is 8.42. The number of hydrogen-bond donors (Lipinski definition) is 3. The molecule has 0 atom stereocenters. The summed E-state index contributed by atoms with van der Waals surface area (Å²) in [6, 6.07) is 10.3. The summed E-state index contributed by atoms with van der Waals surface area (Å²) < 4.78 is 27.5. The molecule has 2 aromatic carbocycles. The van der Waals surface area contributed by atoms with Crippen LogP contribution in [0.15, 0.2) is 41.3 Å². The monoisotopic (exact) mass is 486 g/mol. The second-order valence-corrected chi connectivity index (χ2v) is 11.0. The molecule has 34 heavy (non-hydrogen) atoms. The van der Waals surface area contributed by atoms with Crippen LogP contribution in [-0.2, 0) is 19.6 Å². The molecule has 0 saturated carbocycles. The Morgan fingerprint density at radius 1 is 0.912 bits per heavy atom. The SMILES string of the molecule is Cc1ccc(NC(=O)C(C)C)cc1NCC(=O)Nc1cc(S(=O)(=O)N2CCCCC2)ccc1C. The molecule has 8 nitrogen and oxygen atoms in total. The molecule has 0 unspecified atom stereocenters. The maximum atomic E-state index is 13.0. The second kappa shape index (κ2) is 11.0. The summed E-state index contributed by atoms with van der Waals surface area (Å²) in [6.07, 6.45) is 2.77. The van der Waals surface area contributed by atoms with Gasteiger partial charge in [-0.3, -0.25) is 9.59 Å². The van der Waals surface area contributed by atoms with Crippen LogP contribution in [0.25, 0.3) is 0 Å². The van der Waals surface area contributed by atoms with E-state index >= 15 is 0 Å². The van der Waals surface area contributed by atoms with Crippen molar-refractivity contribution in [1.82, 2.24) is 4.31 Å². The van der Waals surface area contributed by atoms with Crippen molar-refractivity contribution in [3.05, 3.63) is 47.5 Å². The molecule has 2 aromatic rings. The highest BCUT2D eigenvalue weighted by Crippen LogP contribution is 2.25. The number of sulfonamides is 1. The van der Waals surface area contributed by atoms with E-state index in [2.05, 4.69) is 16.0 Å². The van der Waals surface area contributed by atoms with Crippen molar-refractivity contribution in [1.29, 1.82) is 0 Å². The topological polar surface area (TPSA) is 108 Å². The van der Waals surface area contributed by atoms with Crippen molar-refractivity contribution in [3.63, 3.8) is 0 Å². The first-order valence-electron chi connectivity index (χ1n) is 11.6. The van der Waals surface area contributed by atoms with Crippen LogP contribution in [0, 0.1) is 19.8 Å². The number of anilines is 3. The molecule has 0 aliphatic carbocycles. The van der Waals surface area contributed by atoms with Crippen LogP contribution in [0.5, 0.6) is 0 Å². The van der Waals surface area contributed by atoms with Gasteiger partial charge in [0.2, 0.25) is 21.8 Å². The molecule has 9 heteroatoms. The van der Waals surface area contributed by atoms with Crippen molar-refractivity contribution in [2.45, 2.75) is 51.9 Å². The summed E-state index contributed by atoms with van der Waals surface area (Å²) in [5, 5.41) is 8.78. The van der Waals surface area contributed by atoms with Gasteiger partial charge in [0.1, 0.15) is 0 Å². The number of nitrogens with zero attached hydrogens (tertiary/aromatic N) is 1. The fourth-order valence-corrected chi connectivity index (χ4v) is 5.24. The van der Waals surface area contributed by atoms with E-state index < -0.39 is 10.0 Å². The smallest absolute Gasteiger partial charge is 0.243 e. The number of aryl methyl sites for hydroxylation is 2. The van der Waals surface area contributed by atoms with Gasteiger partial charge < -0.3 is 16.0 Å². The third kappa shape index (κ3) is 6.36. The molecule has 0 radical (unpaired) electrons. The Morgan fingerprint density at radius 3 is 2.24 bits per heavy atom. The zero-order chi connectivity index (χ0) is 24.9. The third-order valence-electron chi connectivity index (χ3n) is 5.90. The minimum absolute atomic E-state index is 0.00897. The number of hydrogen-bond acceptors (Lipinski definition) is 5. The Bertz CT molecular complexity index is 1160. The van der Waals surface area contributed by atoms with Crippen LogP contribution < -0.4 is 16.0 Å². The minimum Gasteiger partial charge on any atom is -0.376 e. The molecule has 1 fully saturated rings. The Hall–Kier alpha value is -2.91. The molecule has 1 heterocycles. The van der Waals surface area contributed by atoms with E-state index in [0.29, 0.717) is 24.5 Å². The molecule has 2 amide bonds. The minimum atomic E-state index is -3.59. The summed E-state index contributed by atoms with van der Waals surface area (Å²) in [5.74, 6) is -0.518. The van der Waals surface area contributed by atoms with Gasteiger partial charge in [0.15, 0.2) is 0 Å². The molecule has 1 saturated heterocycles. The molecule has 1 aliphatic rings. The number of nitrogens with one attached hydrogen (secondary N) is 3. The van der Waals surface area contributed by atoms with Gasteiger partial charge in [-0.1, -0.05) is 32.4 Å². The first kappa shape index (κ1) is 25.7. The van der Waals surface area contributed by atoms with E-state index in [1.54, 1.807) is 18.2 Å². The van der Waals surface area contributed by atoms with E-state index in [1.807, 2.05) is 39.8 Å². The van der Waals surface area contributed by atoms with Crippen LogP contribution in [0.4, 0.5) is 17.1 Å². The fraction of sp³-hybridized carbons (Fsp3) is 0.440. The van der Waals surface area contributed by atoms with Gasteiger partial charge in [-0.25, -0.2) is 8.42 Å². The Kier molecular flexibility index (Phi) is 8.33. The summed E-state index contributed by atoms with van der Waals surface area (Å²) >= 11 is 0. The largest absolute Gasteiger partial charge is 0.376 e. The average Bonchev–Trinajstić information content (AvgIpc) is 2.81. The lowest BCUT2D eigenvalue weighted by Gasteiger charge is -2.26. The maximum Gasteiger partial charge on any atom is 0.243 e. The average molecular weight is 487 g/mol. The predicted molar refractivity (Wildman–Crippen MR) is 136 cm³/mol. The third-order valence-corrected chi connectivity index (χ3v) is 7.80. The molecular formula is C25H34N4O4S. The standard InChI is InChI=1S/C25H34N4O4S/c1-17(2)25(31)27-20-10-8-18(3)22(14-20)26-16-24(30)28-23-15-21(11-9-19(23)4)34(32,33)29-12-6-5-7-13-29/h8-11,14-15,17,26H,5-7,12-13,16H2,1-4H3,(H,27,31)(H,28,30). The molecule has 184 valence electrons. The zero-order valence-corrected chi connectivity index (χ0v) is 21.1. The summed E-state index contributed by atoms with van der Waals surface area (Å²) in [5.41, 5.74) is 3.56. The van der Waals surface area contributed by atoms with Crippen molar-refractivity contribution >= 4 is 38.9 Å². The van der Waals surface area contributed by atoms with Gasteiger partial charge in [0, 0.05) is 36.1 Å². The van der Waals surface area contributed by atoms with Crippen LogP contribution in [-0.4, -0.2) is 44.2 Å². The summed E-state index contributed by atoms with van der Waals surface area (Å²) in [4.78, 5) is 24.8. The van der Waals surface area contributed by atoms with Crippen molar-refractivity contribution < 1.29 is 18.0 Å². The van der Waals surface area contributed by atoms with Gasteiger partial charge in [-0.15, -0.1) is 0 Å². The Balaban J connectivity index is 1.67. The first-order chi connectivity index (χ1) is 16.1. The van der Waals surface area contributed by atoms with Crippen LogP contribution >= 0.6 is 0 Å². The normalized spacial score (nSPS) is 14.6. The van der Waals surface area contributed by atoms with Crippen LogP contribution in [0.1, 0.15) is 44.2 Å². The highest BCUT2D eigenvalue weighted by Gasteiger charge is 2.26. The highest BCUT2D eigenvalue weighted by molar-refractivity contribution is 7.89. The van der Waals surface area contributed by atoms with Crippen molar-refractivity contribution in [3.8, 4) is 0 Å². The number of benzene rings is 2. The highest BCUT2D eigenvalue weighted by atomic mass is 32.2. The second-order valence-electron chi connectivity index (χ2n) is 9.02. The van der Waals surface area contributed by atoms with Gasteiger partial charge >= 0.3 is 0 Å². The van der Waals surface area contributed by atoms with Crippen molar-refractivity contribution in [2.75, 3.05) is 35.6 Å². The van der Waals surface area contributed by atoms with Crippen molar-refractivity contribution in [2.24, 2.45) is 5.92 Å². The lowest BCUT2D eigenvalue weighted by Crippen LogP contribution is -2.35. The Labute approximate surface area is 202 Å². The molecular weight excluding hydrogens is 452 g/mol. The van der Waals surface area contributed by atoms with E-state index in [4.69, 9.17) is 0 Å². The molecule has 3 N–H and O–H groups in total. The molecule has 3 rings (SSSR count).